The number of amides is 1. The first-order valence-corrected chi connectivity index (χ1v) is 9.26. The van der Waals surface area contributed by atoms with Crippen LogP contribution in [0, 0.1) is 6.92 Å². The Kier molecular flexibility index (Phi) is 5.20. The molecule has 27 heavy (non-hydrogen) atoms. The van der Waals surface area contributed by atoms with Crippen LogP contribution in [0.4, 0.5) is 13.2 Å². The van der Waals surface area contributed by atoms with Crippen molar-refractivity contribution in [3.8, 4) is 0 Å². The van der Waals surface area contributed by atoms with E-state index in [2.05, 4.69) is 15.9 Å². The Morgan fingerprint density at radius 3 is 2.56 bits per heavy atom. The molecule has 0 saturated carbocycles. The van der Waals surface area contributed by atoms with Crippen LogP contribution in [0.25, 0.3) is 0 Å². The predicted octanol–water partition coefficient (Wildman–Crippen LogP) is 4.03. The van der Waals surface area contributed by atoms with Crippen LogP contribution in [0.2, 0.25) is 0 Å². The molecule has 0 aliphatic carbocycles. The number of carbonyl (C=O) groups is 1. The highest BCUT2D eigenvalue weighted by Crippen LogP contribution is 2.33. The van der Waals surface area contributed by atoms with Crippen molar-refractivity contribution in [3.63, 3.8) is 0 Å². The minimum atomic E-state index is -4.40. The number of aromatic nitrogens is 1. The molecular formula is C19H18BrF3N2O2. The third-order valence-electron chi connectivity index (χ3n) is 4.96. The maximum Gasteiger partial charge on any atom is 0.416 e. The minimum Gasteiger partial charge on any atom is -0.333 e. The van der Waals surface area contributed by atoms with Crippen molar-refractivity contribution in [2.45, 2.75) is 39.0 Å². The first kappa shape index (κ1) is 19.7. The number of carbonyl (C=O) groups excluding carboxylic acids is 1. The first-order chi connectivity index (χ1) is 12.6. The Morgan fingerprint density at radius 1 is 1.19 bits per heavy atom. The van der Waals surface area contributed by atoms with Crippen LogP contribution in [0.3, 0.4) is 0 Å². The molecule has 2 aromatic rings. The number of benzene rings is 1. The van der Waals surface area contributed by atoms with Gasteiger partial charge in [0.2, 0.25) is 0 Å². The molecule has 4 nitrogen and oxygen atoms in total. The van der Waals surface area contributed by atoms with Crippen LogP contribution in [0.5, 0.6) is 0 Å². The molecule has 8 heteroatoms. The maximum absolute atomic E-state index is 13.1. The van der Waals surface area contributed by atoms with E-state index in [4.69, 9.17) is 0 Å². The molecule has 1 atom stereocenters. The number of rotatable bonds is 3. The molecule has 1 amide bonds. The second kappa shape index (κ2) is 7.14. The van der Waals surface area contributed by atoms with Crippen LogP contribution in [-0.2, 0) is 19.1 Å². The molecule has 1 aromatic heterocycles. The molecule has 0 radical (unpaired) electrons. The summed E-state index contributed by atoms with van der Waals surface area (Å²) in [5, 5.41) is 0. The Balaban J connectivity index is 1.84. The van der Waals surface area contributed by atoms with Crippen molar-refractivity contribution >= 4 is 21.8 Å². The SMILES string of the molecule is Cc1c(CCN2C(=O)c3ccc(Br)c(=O)n3CC2C)cccc1C(F)(F)F. The predicted molar refractivity (Wildman–Crippen MR) is 98.8 cm³/mol. The monoisotopic (exact) mass is 442 g/mol. The van der Waals surface area contributed by atoms with Gasteiger partial charge in [0.25, 0.3) is 11.5 Å². The van der Waals surface area contributed by atoms with Gasteiger partial charge in [-0.05, 0) is 65.5 Å². The third kappa shape index (κ3) is 3.67. The van der Waals surface area contributed by atoms with Crippen molar-refractivity contribution in [2.24, 2.45) is 0 Å². The van der Waals surface area contributed by atoms with Crippen LogP contribution in [-0.4, -0.2) is 28.0 Å². The van der Waals surface area contributed by atoms with E-state index in [-0.39, 0.29) is 29.6 Å². The van der Waals surface area contributed by atoms with Gasteiger partial charge in [0.15, 0.2) is 0 Å². The largest absolute Gasteiger partial charge is 0.416 e. The molecule has 3 rings (SSSR count). The van der Waals surface area contributed by atoms with Gasteiger partial charge in [0, 0.05) is 19.1 Å². The van der Waals surface area contributed by atoms with E-state index in [1.54, 1.807) is 17.0 Å². The molecular weight excluding hydrogens is 425 g/mol. The summed E-state index contributed by atoms with van der Waals surface area (Å²) in [4.78, 5) is 26.6. The van der Waals surface area contributed by atoms with E-state index in [1.807, 2.05) is 6.92 Å². The summed E-state index contributed by atoms with van der Waals surface area (Å²) < 4.78 is 41.1. The van der Waals surface area contributed by atoms with Crippen LogP contribution in [0.15, 0.2) is 39.6 Å². The Hall–Kier alpha value is -2.09. The zero-order valence-corrected chi connectivity index (χ0v) is 16.4. The fourth-order valence-corrected chi connectivity index (χ4v) is 3.80. The molecule has 0 spiro atoms. The van der Waals surface area contributed by atoms with Gasteiger partial charge in [0.1, 0.15) is 5.69 Å². The normalized spacial score (nSPS) is 17.2. The quantitative estimate of drug-likeness (QED) is 0.719. The number of hydrogen-bond donors (Lipinski definition) is 0. The molecule has 0 fully saturated rings. The summed E-state index contributed by atoms with van der Waals surface area (Å²) in [5.41, 5.74) is 0.120. The number of nitrogens with zero attached hydrogens (tertiary/aromatic N) is 2. The van der Waals surface area contributed by atoms with Gasteiger partial charge in [-0.3, -0.25) is 9.59 Å². The summed E-state index contributed by atoms with van der Waals surface area (Å²) in [7, 11) is 0. The van der Waals surface area contributed by atoms with Gasteiger partial charge in [-0.1, -0.05) is 12.1 Å². The van der Waals surface area contributed by atoms with Gasteiger partial charge in [-0.25, -0.2) is 0 Å². The number of pyridine rings is 1. The Labute approximate surface area is 162 Å². The smallest absolute Gasteiger partial charge is 0.333 e. The molecule has 0 bridgehead atoms. The highest BCUT2D eigenvalue weighted by Gasteiger charge is 2.33. The fourth-order valence-electron chi connectivity index (χ4n) is 3.45. The maximum atomic E-state index is 13.1. The van der Waals surface area contributed by atoms with E-state index in [1.165, 1.54) is 23.6 Å². The lowest BCUT2D eigenvalue weighted by molar-refractivity contribution is -0.138. The van der Waals surface area contributed by atoms with Crippen molar-refractivity contribution in [2.75, 3.05) is 6.54 Å². The summed E-state index contributed by atoms with van der Waals surface area (Å²) in [6.45, 7) is 3.91. The van der Waals surface area contributed by atoms with Crippen molar-refractivity contribution in [1.29, 1.82) is 0 Å². The highest BCUT2D eigenvalue weighted by molar-refractivity contribution is 9.10. The lowest BCUT2D eigenvalue weighted by atomic mass is 9.99. The molecule has 1 aromatic carbocycles. The summed E-state index contributed by atoms with van der Waals surface area (Å²) >= 11 is 3.17. The van der Waals surface area contributed by atoms with Crippen molar-refractivity contribution in [3.05, 3.63) is 67.5 Å². The van der Waals surface area contributed by atoms with E-state index in [0.29, 0.717) is 28.7 Å². The van der Waals surface area contributed by atoms with Gasteiger partial charge < -0.3 is 9.47 Å². The molecule has 2 heterocycles. The van der Waals surface area contributed by atoms with E-state index >= 15 is 0 Å². The van der Waals surface area contributed by atoms with Crippen molar-refractivity contribution < 1.29 is 18.0 Å². The lowest BCUT2D eigenvalue weighted by Gasteiger charge is -2.35. The average molecular weight is 443 g/mol. The second-order valence-electron chi connectivity index (χ2n) is 6.67. The molecule has 1 unspecified atom stereocenters. The summed E-state index contributed by atoms with van der Waals surface area (Å²) in [6.07, 6.45) is -4.09. The average Bonchev–Trinajstić information content (AvgIpc) is 2.58. The highest BCUT2D eigenvalue weighted by atomic mass is 79.9. The zero-order valence-electron chi connectivity index (χ0n) is 14.8. The molecule has 0 saturated heterocycles. The minimum absolute atomic E-state index is 0.183. The Bertz CT molecular complexity index is 953. The standard InChI is InChI=1S/C19H18BrF3N2O2/c1-11-10-25-16(7-6-15(20)17(25)26)18(27)24(11)9-8-13-4-3-5-14(12(13)2)19(21,22)23/h3-7,11H,8-10H2,1-2H3. The van der Waals surface area contributed by atoms with Gasteiger partial charge >= 0.3 is 6.18 Å². The Morgan fingerprint density at radius 2 is 1.89 bits per heavy atom. The number of hydrogen-bond acceptors (Lipinski definition) is 2. The molecule has 144 valence electrons. The zero-order chi connectivity index (χ0) is 19.9. The van der Waals surface area contributed by atoms with E-state index < -0.39 is 11.7 Å². The fraction of sp³-hybridized carbons (Fsp3) is 0.368. The van der Waals surface area contributed by atoms with Crippen LogP contribution < -0.4 is 5.56 Å². The summed E-state index contributed by atoms with van der Waals surface area (Å²) in [6, 6.07) is 6.99. The van der Waals surface area contributed by atoms with Crippen LogP contribution in [0.1, 0.15) is 34.1 Å². The van der Waals surface area contributed by atoms with Gasteiger partial charge in [0.05, 0.1) is 10.0 Å². The lowest BCUT2D eigenvalue weighted by Crippen LogP contribution is -2.50. The third-order valence-corrected chi connectivity index (χ3v) is 5.56. The molecule has 0 N–H and O–H groups in total. The van der Waals surface area contributed by atoms with Gasteiger partial charge in [-0.15, -0.1) is 0 Å². The van der Waals surface area contributed by atoms with Crippen LogP contribution >= 0.6 is 15.9 Å². The van der Waals surface area contributed by atoms with E-state index in [9.17, 15) is 22.8 Å². The number of alkyl halides is 3. The van der Waals surface area contributed by atoms with Crippen molar-refractivity contribution in [1.82, 2.24) is 9.47 Å². The van der Waals surface area contributed by atoms with E-state index in [0.717, 1.165) is 6.07 Å². The first-order valence-electron chi connectivity index (χ1n) is 8.47. The van der Waals surface area contributed by atoms with Gasteiger partial charge in [-0.2, -0.15) is 13.2 Å². The number of halogens is 4. The molecule has 1 aliphatic rings. The summed E-state index contributed by atoms with van der Waals surface area (Å²) in [5.74, 6) is -0.289. The molecule has 1 aliphatic heterocycles. The number of fused-ring (bicyclic) bond motifs is 1. The topological polar surface area (TPSA) is 42.3 Å². The second-order valence-corrected chi connectivity index (χ2v) is 7.52.